The molecule has 0 aromatic carbocycles. The first-order valence-corrected chi connectivity index (χ1v) is 10.2. The Morgan fingerprint density at radius 3 is 1.55 bits per heavy atom. The maximum absolute atomic E-state index is 2.43. The molecule has 0 bridgehead atoms. The van der Waals surface area contributed by atoms with Crippen LogP contribution < -0.4 is 0 Å². The van der Waals surface area contributed by atoms with E-state index in [2.05, 4.69) is 61.6 Å². The topological polar surface area (TPSA) is 0 Å². The van der Waals surface area contributed by atoms with Crippen LogP contribution in [0.5, 0.6) is 0 Å². The Morgan fingerprint density at radius 1 is 0.800 bits per heavy atom. The highest BCUT2D eigenvalue weighted by Crippen LogP contribution is 2.44. The predicted molar refractivity (Wildman–Crippen MR) is 91.0 cm³/mol. The zero-order valence-corrected chi connectivity index (χ0v) is 13.4. The van der Waals surface area contributed by atoms with Gasteiger partial charge in [0.15, 0.2) is 0 Å². The van der Waals surface area contributed by atoms with Crippen molar-refractivity contribution in [2.45, 2.75) is 45.1 Å². The number of hydrogen-bond acceptors (Lipinski definition) is 0. The zero-order valence-electron chi connectivity index (χ0n) is 12.4. The molecule has 0 aromatic rings. The maximum atomic E-state index is 2.43. The van der Waals surface area contributed by atoms with Crippen LogP contribution in [0.4, 0.5) is 0 Å². The van der Waals surface area contributed by atoms with E-state index in [1.807, 2.05) is 0 Å². The molecule has 0 saturated carbocycles. The van der Waals surface area contributed by atoms with Crippen molar-refractivity contribution >= 4 is 8.07 Å². The molecule has 0 heterocycles. The Balaban J connectivity index is 2.02. The van der Waals surface area contributed by atoms with Crippen molar-refractivity contribution in [1.82, 2.24) is 0 Å². The normalized spacial score (nSPS) is 20.6. The summed E-state index contributed by atoms with van der Waals surface area (Å²) in [6.45, 7) is 2.32. The molecule has 0 saturated heterocycles. The summed E-state index contributed by atoms with van der Waals surface area (Å²) in [4.78, 5) is 0. The Morgan fingerprint density at radius 2 is 1.25 bits per heavy atom. The van der Waals surface area contributed by atoms with Gasteiger partial charge >= 0.3 is 0 Å². The van der Waals surface area contributed by atoms with Gasteiger partial charge in [0.2, 0.25) is 0 Å². The van der Waals surface area contributed by atoms with Gasteiger partial charge in [-0.3, -0.25) is 0 Å². The third-order valence-corrected chi connectivity index (χ3v) is 10.4. The summed E-state index contributed by atoms with van der Waals surface area (Å²) in [5, 5.41) is 5.24. The van der Waals surface area contributed by atoms with E-state index in [9.17, 15) is 0 Å². The molecule has 0 nitrogen and oxygen atoms in total. The van der Waals surface area contributed by atoms with E-state index in [-0.39, 0.29) is 0 Å². The number of rotatable bonds is 6. The molecule has 3 rings (SSSR count). The molecule has 0 aromatic heterocycles. The van der Waals surface area contributed by atoms with Crippen LogP contribution in [0.2, 0.25) is 6.04 Å². The number of unbranched alkanes of at least 4 members (excludes halogenated alkanes) is 1. The molecule has 0 fully saturated rings. The maximum Gasteiger partial charge on any atom is 0.136 e. The zero-order chi connectivity index (χ0) is 13.8. The van der Waals surface area contributed by atoms with Crippen molar-refractivity contribution in [2.75, 3.05) is 0 Å². The van der Waals surface area contributed by atoms with E-state index in [0.29, 0.717) is 0 Å². The first-order valence-electron chi connectivity index (χ1n) is 7.96. The first kappa shape index (κ1) is 13.6. The Bertz CT molecular complexity index is 478. The molecule has 0 atom stereocenters. The average molecular weight is 280 g/mol. The van der Waals surface area contributed by atoms with Crippen LogP contribution in [0.3, 0.4) is 0 Å². The van der Waals surface area contributed by atoms with Gasteiger partial charge < -0.3 is 0 Å². The lowest BCUT2D eigenvalue weighted by atomic mass is 10.4. The van der Waals surface area contributed by atoms with Crippen molar-refractivity contribution in [2.24, 2.45) is 0 Å². The standard InChI is InChI=1S/C19H24Si/c1-2-3-16-20(17-10-4-5-11-17,18-12-6-7-13-18)19-14-8-9-15-19/h4-10,12,14H,2-3,11,13,15-16H2,1H3. The minimum absolute atomic E-state index is 1.19. The average Bonchev–Trinajstić information content (AvgIpc) is 3.23. The van der Waals surface area contributed by atoms with Gasteiger partial charge in [-0.05, 0) is 25.3 Å². The quantitative estimate of drug-likeness (QED) is 0.563. The van der Waals surface area contributed by atoms with Crippen LogP contribution in [0.25, 0.3) is 0 Å². The predicted octanol–water partition coefficient (Wildman–Crippen LogP) is 5.51. The summed E-state index contributed by atoms with van der Waals surface area (Å²) in [5.74, 6) is 0. The molecule has 1 heteroatoms. The molecular formula is C19H24Si. The smallest absolute Gasteiger partial charge is 0.0808 e. The molecule has 3 aliphatic rings. The highest BCUT2D eigenvalue weighted by molar-refractivity contribution is 6.98. The van der Waals surface area contributed by atoms with Gasteiger partial charge in [-0.1, -0.05) is 90.0 Å². The van der Waals surface area contributed by atoms with E-state index in [4.69, 9.17) is 0 Å². The van der Waals surface area contributed by atoms with Crippen LogP contribution in [0, 0.1) is 0 Å². The molecule has 0 radical (unpaired) electrons. The first-order chi connectivity index (χ1) is 9.88. The van der Waals surface area contributed by atoms with Crippen LogP contribution in [-0.4, -0.2) is 8.07 Å². The van der Waals surface area contributed by atoms with Gasteiger partial charge in [0.25, 0.3) is 0 Å². The molecule has 0 N–H and O–H groups in total. The second-order valence-corrected chi connectivity index (χ2v) is 10.2. The lowest BCUT2D eigenvalue weighted by Crippen LogP contribution is -2.42. The highest BCUT2D eigenvalue weighted by Gasteiger charge is 2.43. The molecule has 20 heavy (non-hydrogen) atoms. The van der Waals surface area contributed by atoms with Crippen molar-refractivity contribution in [3.05, 3.63) is 70.3 Å². The third-order valence-electron chi connectivity index (χ3n) is 4.86. The molecule has 0 unspecified atom stereocenters. The molecule has 3 aliphatic carbocycles. The Hall–Kier alpha value is -1.34. The van der Waals surface area contributed by atoms with Crippen molar-refractivity contribution in [3.63, 3.8) is 0 Å². The minimum Gasteiger partial charge on any atom is -0.0808 e. The van der Waals surface area contributed by atoms with Gasteiger partial charge in [-0.15, -0.1) is 0 Å². The molecule has 0 amide bonds. The third kappa shape index (κ3) is 2.24. The fraction of sp³-hybridized carbons (Fsp3) is 0.368. The van der Waals surface area contributed by atoms with E-state index in [1.165, 1.54) is 38.1 Å². The van der Waals surface area contributed by atoms with Crippen molar-refractivity contribution in [3.8, 4) is 0 Å². The molecule has 0 aliphatic heterocycles. The summed E-state index contributed by atoms with van der Waals surface area (Å²) in [6.07, 6.45) is 27.4. The summed E-state index contributed by atoms with van der Waals surface area (Å²) in [6, 6.07) is 1.40. The van der Waals surface area contributed by atoms with E-state index in [1.54, 1.807) is 15.6 Å². The monoisotopic (exact) mass is 280 g/mol. The fourth-order valence-electron chi connectivity index (χ4n) is 3.83. The van der Waals surface area contributed by atoms with Gasteiger partial charge in [0.1, 0.15) is 8.07 Å². The van der Waals surface area contributed by atoms with Crippen LogP contribution in [0.15, 0.2) is 70.3 Å². The number of allylic oxidation sites excluding steroid dienone is 12. The van der Waals surface area contributed by atoms with Crippen molar-refractivity contribution < 1.29 is 0 Å². The summed E-state index contributed by atoms with van der Waals surface area (Å²) >= 11 is 0. The minimum atomic E-state index is -1.62. The molecule has 0 spiro atoms. The highest BCUT2D eigenvalue weighted by atomic mass is 28.3. The van der Waals surface area contributed by atoms with Crippen LogP contribution >= 0.6 is 0 Å². The van der Waals surface area contributed by atoms with E-state index >= 15 is 0 Å². The molecular weight excluding hydrogens is 256 g/mol. The summed E-state index contributed by atoms with van der Waals surface area (Å²) < 4.78 is 0. The lowest BCUT2D eigenvalue weighted by molar-refractivity contribution is 0.866. The largest absolute Gasteiger partial charge is 0.136 e. The molecule has 104 valence electrons. The summed E-state index contributed by atoms with van der Waals surface area (Å²) in [5.41, 5.74) is 0. The van der Waals surface area contributed by atoms with Gasteiger partial charge in [0.05, 0.1) is 0 Å². The SMILES string of the molecule is CCCC[Si](C1=CC=CC1)(C1=CC=CC1)C1=CC=CC1. The number of hydrogen-bond donors (Lipinski definition) is 0. The Kier molecular flexibility index (Phi) is 4.07. The van der Waals surface area contributed by atoms with Gasteiger partial charge in [0, 0.05) is 0 Å². The van der Waals surface area contributed by atoms with Gasteiger partial charge in [-0.2, -0.15) is 0 Å². The van der Waals surface area contributed by atoms with Gasteiger partial charge in [-0.25, -0.2) is 0 Å². The van der Waals surface area contributed by atoms with E-state index < -0.39 is 8.07 Å². The lowest BCUT2D eigenvalue weighted by Gasteiger charge is -2.37. The second-order valence-electron chi connectivity index (χ2n) is 5.98. The van der Waals surface area contributed by atoms with Crippen molar-refractivity contribution in [1.29, 1.82) is 0 Å². The Labute approximate surface area is 124 Å². The van der Waals surface area contributed by atoms with Crippen LogP contribution in [-0.2, 0) is 0 Å². The summed E-state index contributed by atoms with van der Waals surface area (Å²) in [7, 11) is -1.62. The second kappa shape index (κ2) is 5.97. The van der Waals surface area contributed by atoms with Crippen LogP contribution in [0.1, 0.15) is 39.0 Å². The fourth-order valence-corrected chi connectivity index (χ4v) is 9.46. The van der Waals surface area contributed by atoms with E-state index in [0.717, 1.165) is 0 Å².